The maximum Gasteiger partial charge on any atom is 0.341 e. The number of nitrogens with zero attached hydrogens (tertiary/aromatic N) is 3. The molecule has 0 aliphatic rings. The number of nitrogens with one attached hydrogen (secondary N) is 1. The summed E-state index contributed by atoms with van der Waals surface area (Å²) in [6.07, 6.45) is 1.33. The smallest absolute Gasteiger partial charge is 0.341 e. The van der Waals surface area contributed by atoms with E-state index in [9.17, 15) is 14.4 Å². The predicted molar refractivity (Wildman–Crippen MR) is 102 cm³/mol. The molecular weight excluding hydrogens is 364 g/mol. The van der Waals surface area contributed by atoms with E-state index in [4.69, 9.17) is 9.84 Å². The third-order valence-corrected chi connectivity index (χ3v) is 3.81. The second-order valence-electron chi connectivity index (χ2n) is 5.74. The highest BCUT2D eigenvalue weighted by Crippen LogP contribution is 2.16. The van der Waals surface area contributed by atoms with Gasteiger partial charge in [-0.3, -0.25) is 9.59 Å². The summed E-state index contributed by atoms with van der Waals surface area (Å²) < 4.78 is 6.27. The number of carbonyl (C=O) groups is 2. The van der Waals surface area contributed by atoms with E-state index < -0.39 is 18.5 Å². The van der Waals surface area contributed by atoms with Crippen LogP contribution in [0.25, 0.3) is 10.8 Å². The highest BCUT2D eigenvalue weighted by molar-refractivity contribution is 6.05. The fourth-order valence-electron chi connectivity index (χ4n) is 2.54. The van der Waals surface area contributed by atoms with Crippen molar-refractivity contribution in [1.29, 1.82) is 0 Å². The molecule has 1 aromatic heterocycles. The number of hydrogen-bond acceptors (Lipinski definition) is 6. The Bertz CT molecular complexity index is 1140. The molecule has 28 heavy (non-hydrogen) atoms. The number of carboxylic acids is 1. The first-order valence-corrected chi connectivity index (χ1v) is 8.20. The van der Waals surface area contributed by atoms with Crippen molar-refractivity contribution in [2.45, 2.75) is 0 Å². The number of aromatic nitrogens is 2. The van der Waals surface area contributed by atoms with Crippen LogP contribution in [0.3, 0.4) is 0 Å². The van der Waals surface area contributed by atoms with Crippen molar-refractivity contribution in [2.24, 2.45) is 12.1 Å². The molecule has 0 fully saturated rings. The van der Waals surface area contributed by atoms with Crippen molar-refractivity contribution >= 4 is 28.9 Å². The number of fused-ring (bicyclic) bond motifs is 1. The maximum atomic E-state index is 12.5. The molecule has 1 amide bonds. The molecule has 142 valence electrons. The van der Waals surface area contributed by atoms with Gasteiger partial charge in [0.15, 0.2) is 12.3 Å². The zero-order valence-electron chi connectivity index (χ0n) is 14.8. The fourth-order valence-corrected chi connectivity index (χ4v) is 2.54. The van der Waals surface area contributed by atoms with Gasteiger partial charge in [0, 0.05) is 18.0 Å². The van der Waals surface area contributed by atoms with Gasteiger partial charge in [-0.2, -0.15) is 10.2 Å². The Balaban J connectivity index is 1.82. The number of hydrogen-bond donors (Lipinski definition) is 2. The molecule has 0 aliphatic carbocycles. The van der Waals surface area contributed by atoms with E-state index in [1.165, 1.54) is 13.3 Å². The molecule has 0 aliphatic heterocycles. The first-order valence-electron chi connectivity index (χ1n) is 8.20. The van der Waals surface area contributed by atoms with Crippen LogP contribution in [0.2, 0.25) is 0 Å². The molecule has 0 unspecified atom stereocenters. The number of ether oxygens (including phenoxy) is 1. The van der Waals surface area contributed by atoms with Crippen LogP contribution >= 0.6 is 0 Å². The lowest BCUT2D eigenvalue weighted by Gasteiger charge is -2.07. The van der Waals surface area contributed by atoms with Gasteiger partial charge in [0.2, 0.25) is 0 Å². The summed E-state index contributed by atoms with van der Waals surface area (Å²) in [7, 11) is 1.46. The number of carboxylic acid groups (broad SMARTS) is 1. The SMILES string of the molecule is Cn1nc(C(=O)N/N=C/c2ccccc2OCC(=O)O)c2ccccc2c1=O. The minimum atomic E-state index is -1.10. The van der Waals surface area contributed by atoms with Gasteiger partial charge in [-0.1, -0.05) is 30.3 Å². The molecule has 0 spiro atoms. The molecule has 0 saturated carbocycles. The Morgan fingerprint density at radius 1 is 1.18 bits per heavy atom. The lowest BCUT2D eigenvalue weighted by molar-refractivity contribution is -0.139. The van der Waals surface area contributed by atoms with E-state index in [1.54, 1.807) is 48.5 Å². The van der Waals surface area contributed by atoms with Crippen LogP contribution in [0.15, 0.2) is 58.4 Å². The Hall–Kier alpha value is -4.01. The van der Waals surface area contributed by atoms with Crippen LogP contribution in [-0.2, 0) is 11.8 Å². The Morgan fingerprint density at radius 3 is 2.61 bits per heavy atom. The van der Waals surface area contributed by atoms with Gasteiger partial charge in [-0.15, -0.1) is 0 Å². The van der Waals surface area contributed by atoms with Gasteiger partial charge in [-0.05, 0) is 18.2 Å². The molecule has 0 bridgehead atoms. The lowest BCUT2D eigenvalue weighted by Crippen LogP contribution is -2.27. The van der Waals surface area contributed by atoms with E-state index >= 15 is 0 Å². The third kappa shape index (κ3) is 4.04. The van der Waals surface area contributed by atoms with Crippen LogP contribution in [0.4, 0.5) is 0 Å². The van der Waals surface area contributed by atoms with Crippen LogP contribution < -0.4 is 15.7 Å². The van der Waals surface area contributed by atoms with Crippen LogP contribution in [0.5, 0.6) is 5.75 Å². The van der Waals surface area contributed by atoms with Crippen LogP contribution in [0.1, 0.15) is 16.1 Å². The molecule has 1 heterocycles. The van der Waals surface area contributed by atoms with Gasteiger partial charge in [0.25, 0.3) is 11.5 Å². The van der Waals surface area contributed by atoms with Gasteiger partial charge in [0.1, 0.15) is 5.75 Å². The Morgan fingerprint density at radius 2 is 1.86 bits per heavy atom. The number of benzene rings is 2. The van der Waals surface area contributed by atoms with Crippen molar-refractivity contribution in [1.82, 2.24) is 15.2 Å². The minimum Gasteiger partial charge on any atom is -0.481 e. The lowest BCUT2D eigenvalue weighted by atomic mass is 10.1. The fraction of sp³-hybridized carbons (Fsp3) is 0.105. The Kier molecular flexibility index (Phi) is 5.45. The van der Waals surface area contributed by atoms with Gasteiger partial charge in [0.05, 0.1) is 11.6 Å². The first kappa shape index (κ1) is 18.8. The second kappa shape index (κ2) is 8.12. The van der Waals surface area contributed by atoms with E-state index in [-0.39, 0.29) is 11.3 Å². The third-order valence-electron chi connectivity index (χ3n) is 3.81. The summed E-state index contributed by atoms with van der Waals surface area (Å²) in [4.78, 5) is 35.3. The van der Waals surface area contributed by atoms with Crippen molar-refractivity contribution in [3.8, 4) is 5.75 Å². The average molecular weight is 380 g/mol. The number of aliphatic carboxylic acids is 1. The molecule has 0 atom stereocenters. The molecule has 0 radical (unpaired) electrons. The summed E-state index contributed by atoms with van der Waals surface area (Å²) >= 11 is 0. The average Bonchev–Trinajstić information content (AvgIpc) is 2.69. The first-order chi connectivity index (χ1) is 13.5. The summed E-state index contributed by atoms with van der Waals surface area (Å²) in [5, 5.41) is 17.4. The second-order valence-corrected chi connectivity index (χ2v) is 5.74. The highest BCUT2D eigenvalue weighted by atomic mass is 16.5. The standard InChI is InChI=1S/C19H16N4O5/c1-23-19(27)14-8-4-3-7-13(14)17(22-23)18(26)21-20-10-12-6-2-5-9-15(12)28-11-16(24)25/h2-10H,11H2,1H3,(H,21,26)(H,24,25)/b20-10+. The quantitative estimate of drug-likeness (QED) is 0.489. The van der Waals surface area contributed by atoms with Crippen molar-refractivity contribution < 1.29 is 19.4 Å². The predicted octanol–water partition coefficient (Wildman–Crippen LogP) is 1.16. The van der Waals surface area contributed by atoms with Gasteiger partial charge in [-0.25, -0.2) is 14.9 Å². The number of aryl methyl sites for hydroxylation is 1. The van der Waals surface area contributed by atoms with Crippen molar-refractivity contribution in [3.63, 3.8) is 0 Å². The topological polar surface area (TPSA) is 123 Å². The van der Waals surface area contributed by atoms with E-state index in [0.29, 0.717) is 22.1 Å². The molecule has 2 aromatic carbocycles. The Labute approximate surface area is 158 Å². The molecule has 9 heteroatoms. The maximum absolute atomic E-state index is 12.5. The molecule has 3 aromatic rings. The van der Waals surface area contributed by atoms with E-state index in [0.717, 1.165) is 4.68 Å². The normalized spacial score (nSPS) is 10.9. The van der Waals surface area contributed by atoms with Crippen molar-refractivity contribution in [3.05, 3.63) is 70.1 Å². The minimum absolute atomic E-state index is 0.0604. The molecule has 2 N–H and O–H groups in total. The van der Waals surface area contributed by atoms with Gasteiger partial charge < -0.3 is 9.84 Å². The largest absolute Gasteiger partial charge is 0.481 e. The van der Waals surface area contributed by atoms with Crippen LogP contribution in [0, 0.1) is 0 Å². The van der Waals surface area contributed by atoms with Crippen molar-refractivity contribution in [2.75, 3.05) is 6.61 Å². The molecule has 9 nitrogen and oxygen atoms in total. The zero-order valence-corrected chi connectivity index (χ0v) is 14.8. The number of rotatable bonds is 6. The molecule has 3 rings (SSSR count). The number of para-hydroxylation sites is 1. The summed E-state index contributed by atoms with van der Waals surface area (Å²) in [6, 6.07) is 13.3. The number of amides is 1. The monoisotopic (exact) mass is 380 g/mol. The highest BCUT2D eigenvalue weighted by Gasteiger charge is 2.15. The number of hydrazone groups is 1. The summed E-state index contributed by atoms with van der Waals surface area (Å²) in [5.41, 5.74) is 2.60. The van der Waals surface area contributed by atoms with Gasteiger partial charge >= 0.3 is 5.97 Å². The molecular formula is C19H16N4O5. The molecule has 0 saturated heterocycles. The number of carbonyl (C=O) groups excluding carboxylic acids is 1. The summed E-state index contributed by atoms with van der Waals surface area (Å²) in [5.74, 6) is -1.38. The summed E-state index contributed by atoms with van der Waals surface area (Å²) in [6.45, 7) is -0.495. The van der Waals surface area contributed by atoms with Crippen LogP contribution in [-0.4, -0.2) is 39.6 Å². The van der Waals surface area contributed by atoms with E-state index in [2.05, 4.69) is 15.6 Å². The van der Waals surface area contributed by atoms with E-state index in [1.807, 2.05) is 0 Å². The zero-order chi connectivity index (χ0) is 20.1.